The molecule has 212 valence electrons. The van der Waals surface area contributed by atoms with E-state index >= 15 is 0 Å². The van der Waals surface area contributed by atoms with E-state index in [2.05, 4.69) is 18.2 Å². The maximum absolute atomic E-state index is 10.6. The number of rotatable bonds is 22. The van der Waals surface area contributed by atoms with E-state index in [1.807, 2.05) is 6.08 Å². The van der Waals surface area contributed by atoms with Crippen molar-refractivity contribution in [2.75, 3.05) is 12.4 Å². The van der Waals surface area contributed by atoms with Gasteiger partial charge in [0.05, 0.1) is 0 Å². The first-order valence-corrected chi connectivity index (χ1v) is 15.3. The Morgan fingerprint density at radius 2 is 1.17 bits per heavy atom. The van der Waals surface area contributed by atoms with Gasteiger partial charge in [-0.05, 0) is 26.7 Å². The minimum absolute atomic E-state index is 0.185. The number of aliphatic carboxylic acids is 1. The van der Waals surface area contributed by atoms with E-state index in [0.29, 0.717) is 5.57 Å². The summed E-state index contributed by atoms with van der Waals surface area (Å²) in [5, 5.41) is 8.75. The van der Waals surface area contributed by atoms with Gasteiger partial charge >= 0.3 is 11.9 Å². The van der Waals surface area contributed by atoms with Crippen LogP contribution in [0.3, 0.4) is 0 Å². The second-order valence-corrected chi connectivity index (χ2v) is 11.1. The summed E-state index contributed by atoms with van der Waals surface area (Å²) < 4.78 is 32.9. The quantitative estimate of drug-likeness (QED) is 0.0635. The highest BCUT2D eigenvalue weighted by atomic mass is 32.2. The van der Waals surface area contributed by atoms with E-state index in [9.17, 15) is 18.0 Å². The number of carboxylic acids is 1. The van der Waals surface area contributed by atoms with Crippen molar-refractivity contribution in [2.24, 2.45) is 0 Å². The molecule has 0 saturated heterocycles. The summed E-state index contributed by atoms with van der Waals surface area (Å²) in [5.74, 6) is -2.04. The third kappa shape index (κ3) is 30.4. The minimum Gasteiger partial charge on any atom is -0.478 e. The Morgan fingerprint density at radius 1 is 0.778 bits per heavy atom. The zero-order chi connectivity index (χ0) is 27.7. The maximum atomic E-state index is 10.6. The molecule has 0 atom stereocenters. The molecule has 0 bridgehead atoms. The van der Waals surface area contributed by atoms with Crippen molar-refractivity contribution in [3.05, 3.63) is 23.8 Å². The van der Waals surface area contributed by atoms with Crippen LogP contribution in [-0.4, -0.2) is 42.4 Å². The average molecular weight is 533 g/mol. The molecular formula is C28H52O7S. The van der Waals surface area contributed by atoms with Crippen LogP contribution in [0.25, 0.3) is 0 Å². The van der Waals surface area contributed by atoms with Crippen LogP contribution in [0.4, 0.5) is 0 Å². The lowest BCUT2D eigenvalue weighted by molar-refractivity contribution is -0.138. The number of hydrogen-bond donors (Lipinski definition) is 2. The van der Waals surface area contributed by atoms with Gasteiger partial charge < -0.3 is 9.84 Å². The molecule has 8 heteroatoms. The number of carbonyl (C=O) groups is 2. The molecule has 0 rings (SSSR count). The fourth-order valence-electron chi connectivity index (χ4n) is 3.46. The van der Waals surface area contributed by atoms with Crippen molar-refractivity contribution in [1.82, 2.24) is 0 Å². The number of esters is 1. The molecule has 0 aromatic rings. The van der Waals surface area contributed by atoms with Crippen LogP contribution in [0, 0.1) is 0 Å². The van der Waals surface area contributed by atoms with Crippen LogP contribution in [-0.2, 0) is 24.4 Å². The van der Waals surface area contributed by atoms with Crippen LogP contribution in [0.5, 0.6) is 0 Å². The van der Waals surface area contributed by atoms with Gasteiger partial charge in [-0.25, -0.2) is 9.59 Å². The summed E-state index contributed by atoms with van der Waals surface area (Å²) in [5.41, 5.74) is 0.668. The highest BCUT2D eigenvalue weighted by molar-refractivity contribution is 7.85. The fourth-order valence-corrected chi connectivity index (χ4v) is 3.76. The minimum atomic E-state index is -4.05. The molecule has 0 radical (unpaired) electrons. The monoisotopic (exact) mass is 532 g/mol. The predicted octanol–water partition coefficient (Wildman–Crippen LogP) is 7.66. The van der Waals surface area contributed by atoms with Gasteiger partial charge in [0.2, 0.25) is 0 Å². The lowest BCUT2D eigenvalue weighted by Crippen LogP contribution is -2.14. The molecule has 0 aromatic heterocycles. The van der Waals surface area contributed by atoms with E-state index in [0.717, 1.165) is 12.8 Å². The molecule has 36 heavy (non-hydrogen) atoms. The Balaban J connectivity index is 0. The largest absolute Gasteiger partial charge is 0.478 e. The molecular weight excluding hydrogens is 480 g/mol. The van der Waals surface area contributed by atoms with Crippen molar-refractivity contribution in [2.45, 2.75) is 130 Å². The van der Waals surface area contributed by atoms with Crippen molar-refractivity contribution < 1.29 is 32.4 Å². The smallest absolute Gasteiger partial charge is 0.333 e. The van der Waals surface area contributed by atoms with Gasteiger partial charge in [-0.1, -0.05) is 116 Å². The summed E-state index contributed by atoms with van der Waals surface area (Å²) in [4.78, 5) is 21.3. The fraction of sp³-hybridized carbons (Fsp3) is 0.786. The Hall–Kier alpha value is -1.67. The molecule has 0 heterocycles. The molecule has 0 saturated carbocycles. The van der Waals surface area contributed by atoms with E-state index in [1.165, 1.54) is 103 Å². The van der Waals surface area contributed by atoms with E-state index in [-0.39, 0.29) is 12.2 Å². The third-order valence-corrected chi connectivity index (χ3v) is 6.45. The Bertz CT molecular complexity index is 711. The molecule has 2 N–H and O–H groups in total. The van der Waals surface area contributed by atoms with Crippen LogP contribution in [0.2, 0.25) is 0 Å². The lowest BCUT2D eigenvalue weighted by atomic mass is 10.0. The van der Waals surface area contributed by atoms with E-state index in [4.69, 9.17) is 9.66 Å². The number of carboxylic acid groups (broad SMARTS) is 1. The average Bonchev–Trinajstić information content (AvgIpc) is 2.80. The third-order valence-electron chi connectivity index (χ3n) is 5.77. The molecule has 0 aliphatic carbocycles. The van der Waals surface area contributed by atoms with Gasteiger partial charge in [0.25, 0.3) is 10.1 Å². The second-order valence-electron chi connectivity index (χ2n) is 9.49. The van der Waals surface area contributed by atoms with E-state index in [1.54, 1.807) is 6.92 Å². The van der Waals surface area contributed by atoms with Crippen LogP contribution < -0.4 is 0 Å². The van der Waals surface area contributed by atoms with Crippen molar-refractivity contribution in [3.63, 3.8) is 0 Å². The van der Waals surface area contributed by atoms with Crippen LogP contribution in [0.1, 0.15) is 130 Å². The highest BCUT2D eigenvalue weighted by Gasteiger charge is 2.07. The van der Waals surface area contributed by atoms with Crippen molar-refractivity contribution in [3.8, 4) is 0 Å². The number of carbonyl (C=O) groups excluding carboxylic acids is 1. The van der Waals surface area contributed by atoms with Crippen LogP contribution in [0.15, 0.2) is 23.8 Å². The summed E-state index contributed by atoms with van der Waals surface area (Å²) in [6, 6.07) is 0. The first-order chi connectivity index (χ1) is 17.0. The summed E-state index contributed by atoms with van der Waals surface area (Å²) >= 11 is 0. The first-order valence-electron chi connectivity index (χ1n) is 13.7. The number of allylic oxidation sites excluding steroid dienone is 1. The number of unbranched alkanes of at least 4 members (excludes halogenated alkanes) is 16. The van der Waals surface area contributed by atoms with Gasteiger partial charge in [0, 0.05) is 11.1 Å². The lowest BCUT2D eigenvalue weighted by Gasteiger charge is -2.03. The summed E-state index contributed by atoms with van der Waals surface area (Å²) in [7, 11) is -4.05. The normalized spacial score (nSPS) is 11.5. The zero-order valence-electron chi connectivity index (χ0n) is 23.1. The SMILES string of the molecule is C=C(C)C(=O)OCCS(=O)(=O)O.CCCCCCCCCCCCCCCCCCC=C(C)C(=O)O. The Labute approximate surface area is 220 Å². The molecule has 0 aromatic carbocycles. The predicted molar refractivity (Wildman–Crippen MR) is 148 cm³/mol. The number of ether oxygens (including phenoxy) is 1. The first kappa shape index (κ1) is 36.5. The molecule has 7 nitrogen and oxygen atoms in total. The second kappa shape index (κ2) is 25.0. The van der Waals surface area contributed by atoms with Gasteiger partial charge in [-0.15, -0.1) is 0 Å². The molecule has 0 fully saturated rings. The summed E-state index contributed by atoms with van der Waals surface area (Å²) in [6.07, 6.45) is 24.8. The molecule has 0 spiro atoms. The number of hydrogen-bond acceptors (Lipinski definition) is 5. The Kier molecular flexibility index (Phi) is 25.3. The standard InChI is InChI=1S/C22H42O2.C6H10O5S/c1-3-4-5-6-7-8-9-10-11-12-13-14-15-16-17-18-19-20-21(2)22(23)24;1-5(2)6(7)11-3-4-12(8,9)10/h20H,3-19H2,1-2H3,(H,23,24);1,3-4H2,2H3,(H,8,9,10). The van der Waals surface area contributed by atoms with Gasteiger partial charge in [-0.3, -0.25) is 4.55 Å². The van der Waals surface area contributed by atoms with Crippen molar-refractivity contribution >= 4 is 22.1 Å². The van der Waals surface area contributed by atoms with Gasteiger partial charge in [-0.2, -0.15) is 8.42 Å². The highest BCUT2D eigenvalue weighted by Crippen LogP contribution is 2.14. The zero-order valence-corrected chi connectivity index (χ0v) is 23.9. The topological polar surface area (TPSA) is 118 Å². The van der Waals surface area contributed by atoms with Crippen molar-refractivity contribution in [1.29, 1.82) is 0 Å². The van der Waals surface area contributed by atoms with Gasteiger partial charge in [0.1, 0.15) is 12.4 Å². The molecule has 0 aliphatic rings. The molecule has 0 amide bonds. The van der Waals surface area contributed by atoms with Crippen LogP contribution >= 0.6 is 0 Å². The van der Waals surface area contributed by atoms with E-state index < -0.39 is 27.8 Å². The maximum Gasteiger partial charge on any atom is 0.333 e. The Morgan fingerprint density at radius 3 is 1.50 bits per heavy atom. The summed E-state index contributed by atoms with van der Waals surface area (Å²) in [6.45, 7) is 8.32. The van der Waals surface area contributed by atoms with Gasteiger partial charge in [0.15, 0.2) is 0 Å². The molecule has 0 aliphatic heterocycles. The molecule has 0 unspecified atom stereocenters.